The number of nitrogens with zero attached hydrogens (tertiary/aromatic N) is 4. The zero-order valence-electron chi connectivity index (χ0n) is 18.7. The molecule has 0 aliphatic carbocycles. The quantitative estimate of drug-likeness (QED) is 0.549. The number of para-hydroxylation sites is 2. The van der Waals surface area contributed by atoms with Gasteiger partial charge in [0.1, 0.15) is 6.61 Å². The normalized spacial score (nSPS) is 17.7. The molecule has 1 saturated heterocycles. The Kier molecular flexibility index (Phi) is 6.29. The number of carbonyl (C=O) groups excluding carboxylic acids is 2. The molecule has 0 saturated carbocycles. The van der Waals surface area contributed by atoms with Crippen LogP contribution in [0.3, 0.4) is 0 Å². The third-order valence-corrected chi connectivity index (χ3v) is 5.95. The highest BCUT2D eigenvalue weighted by Crippen LogP contribution is 2.31. The second kappa shape index (κ2) is 9.82. The van der Waals surface area contributed by atoms with Gasteiger partial charge in [0, 0.05) is 44.0 Å². The SMILES string of the molecule is O=C(C=Cc1cnn(Cc2ccccc2)c1)N1CCN(C(=O)C2COc3ccccc3O2)CC1. The number of hydrogen-bond donors (Lipinski definition) is 0. The van der Waals surface area contributed by atoms with Crippen LogP contribution in [0.1, 0.15) is 11.1 Å². The number of aromatic nitrogens is 2. The average molecular weight is 459 g/mol. The zero-order chi connectivity index (χ0) is 23.3. The van der Waals surface area contributed by atoms with Crippen LogP contribution in [0.15, 0.2) is 73.1 Å². The van der Waals surface area contributed by atoms with Gasteiger partial charge >= 0.3 is 0 Å². The summed E-state index contributed by atoms with van der Waals surface area (Å²) >= 11 is 0. The third kappa shape index (κ3) is 4.96. The molecule has 34 heavy (non-hydrogen) atoms. The largest absolute Gasteiger partial charge is 0.485 e. The molecule has 2 aliphatic rings. The maximum absolute atomic E-state index is 12.9. The van der Waals surface area contributed by atoms with E-state index in [-0.39, 0.29) is 18.4 Å². The van der Waals surface area contributed by atoms with E-state index < -0.39 is 6.10 Å². The number of rotatable bonds is 5. The molecule has 0 radical (unpaired) electrons. The summed E-state index contributed by atoms with van der Waals surface area (Å²) in [6.45, 7) is 2.76. The molecule has 8 nitrogen and oxygen atoms in total. The monoisotopic (exact) mass is 458 g/mol. The Bertz CT molecular complexity index is 1180. The lowest BCUT2D eigenvalue weighted by Crippen LogP contribution is -2.54. The van der Waals surface area contributed by atoms with E-state index in [0.29, 0.717) is 44.2 Å². The van der Waals surface area contributed by atoms with Crippen LogP contribution in [-0.4, -0.2) is 70.3 Å². The molecule has 3 heterocycles. The molecule has 3 aromatic rings. The first kappa shape index (κ1) is 21.8. The Labute approximate surface area is 198 Å². The highest BCUT2D eigenvalue weighted by Gasteiger charge is 2.33. The molecule has 2 aliphatic heterocycles. The van der Waals surface area contributed by atoms with Crippen molar-refractivity contribution in [2.45, 2.75) is 12.6 Å². The number of benzene rings is 2. The fourth-order valence-electron chi connectivity index (χ4n) is 4.09. The van der Waals surface area contributed by atoms with E-state index in [9.17, 15) is 9.59 Å². The maximum atomic E-state index is 12.9. The van der Waals surface area contributed by atoms with Crippen LogP contribution in [0.2, 0.25) is 0 Å². The Morgan fingerprint density at radius 2 is 1.65 bits per heavy atom. The van der Waals surface area contributed by atoms with E-state index in [2.05, 4.69) is 17.2 Å². The second-order valence-electron chi connectivity index (χ2n) is 8.30. The van der Waals surface area contributed by atoms with Crippen molar-refractivity contribution < 1.29 is 19.1 Å². The van der Waals surface area contributed by atoms with Crippen molar-refractivity contribution in [3.05, 3.63) is 84.2 Å². The fraction of sp³-hybridized carbons (Fsp3) is 0.269. The Hall–Kier alpha value is -4.07. The number of piperazine rings is 1. The van der Waals surface area contributed by atoms with Crippen molar-refractivity contribution in [2.75, 3.05) is 32.8 Å². The van der Waals surface area contributed by atoms with E-state index in [1.807, 2.05) is 47.3 Å². The van der Waals surface area contributed by atoms with Gasteiger partial charge in [0.2, 0.25) is 12.0 Å². The molecule has 174 valence electrons. The molecule has 2 aromatic carbocycles. The highest BCUT2D eigenvalue weighted by molar-refractivity contribution is 5.92. The number of ether oxygens (including phenoxy) is 2. The molecule has 0 bridgehead atoms. The number of carbonyl (C=O) groups is 2. The van der Waals surface area contributed by atoms with E-state index >= 15 is 0 Å². The molecule has 1 atom stereocenters. The van der Waals surface area contributed by atoms with E-state index in [1.54, 1.807) is 34.2 Å². The minimum atomic E-state index is -0.663. The van der Waals surface area contributed by atoms with Crippen molar-refractivity contribution in [2.24, 2.45) is 0 Å². The van der Waals surface area contributed by atoms with E-state index in [0.717, 1.165) is 5.56 Å². The van der Waals surface area contributed by atoms with Gasteiger partial charge in [-0.2, -0.15) is 5.10 Å². The van der Waals surface area contributed by atoms with Crippen LogP contribution in [0.25, 0.3) is 6.08 Å². The molecule has 1 aromatic heterocycles. The van der Waals surface area contributed by atoms with Gasteiger partial charge in [-0.05, 0) is 23.8 Å². The zero-order valence-corrected chi connectivity index (χ0v) is 18.7. The lowest BCUT2D eigenvalue weighted by Gasteiger charge is -2.36. The fourth-order valence-corrected chi connectivity index (χ4v) is 4.09. The van der Waals surface area contributed by atoms with Crippen LogP contribution in [-0.2, 0) is 16.1 Å². The van der Waals surface area contributed by atoms with Gasteiger partial charge in [0.05, 0.1) is 12.7 Å². The first-order valence-corrected chi connectivity index (χ1v) is 11.4. The van der Waals surface area contributed by atoms with E-state index in [1.165, 1.54) is 5.56 Å². The van der Waals surface area contributed by atoms with Crippen LogP contribution < -0.4 is 9.47 Å². The van der Waals surface area contributed by atoms with Gasteiger partial charge in [-0.3, -0.25) is 14.3 Å². The maximum Gasteiger partial charge on any atom is 0.267 e. The molecule has 0 N–H and O–H groups in total. The van der Waals surface area contributed by atoms with Crippen molar-refractivity contribution in [1.82, 2.24) is 19.6 Å². The molecule has 2 amide bonds. The molecule has 5 rings (SSSR count). The minimum absolute atomic E-state index is 0.0749. The molecule has 1 unspecified atom stereocenters. The standard InChI is InChI=1S/C26H26N4O4/c31-25(11-10-21-16-27-30(18-21)17-20-6-2-1-3-7-20)28-12-14-29(15-13-28)26(32)24-19-33-22-8-4-5-9-23(22)34-24/h1-11,16,18,24H,12-15,17,19H2. The Morgan fingerprint density at radius 1 is 0.941 bits per heavy atom. The average Bonchev–Trinajstić information content (AvgIpc) is 3.34. The number of amides is 2. The molecule has 0 spiro atoms. The third-order valence-electron chi connectivity index (χ3n) is 5.95. The van der Waals surface area contributed by atoms with Gasteiger partial charge in [0.25, 0.3) is 5.91 Å². The first-order valence-electron chi connectivity index (χ1n) is 11.4. The van der Waals surface area contributed by atoms with Crippen molar-refractivity contribution in [3.8, 4) is 11.5 Å². The first-order chi connectivity index (χ1) is 16.7. The van der Waals surface area contributed by atoms with Gasteiger partial charge in [0.15, 0.2) is 11.5 Å². The van der Waals surface area contributed by atoms with Crippen LogP contribution in [0.5, 0.6) is 11.5 Å². The van der Waals surface area contributed by atoms with Crippen molar-refractivity contribution >= 4 is 17.9 Å². The topological polar surface area (TPSA) is 76.9 Å². The van der Waals surface area contributed by atoms with Gasteiger partial charge < -0.3 is 19.3 Å². The van der Waals surface area contributed by atoms with E-state index in [4.69, 9.17) is 9.47 Å². The smallest absolute Gasteiger partial charge is 0.267 e. The summed E-state index contributed by atoms with van der Waals surface area (Å²) in [6, 6.07) is 17.4. The van der Waals surface area contributed by atoms with Gasteiger partial charge in [-0.1, -0.05) is 42.5 Å². The highest BCUT2D eigenvalue weighted by atomic mass is 16.6. The summed E-state index contributed by atoms with van der Waals surface area (Å²) in [5, 5.41) is 4.36. The summed E-state index contributed by atoms with van der Waals surface area (Å²) in [4.78, 5) is 29.0. The van der Waals surface area contributed by atoms with Crippen LogP contribution in [0.4, 0.5) is 0 Å². The molecule has 1 fully saturated rings. The van der Waals surface area contributed by atoms with Gasteiger partial charge in [-0.25, -0.2) is 0 Å². The number of hydrogen-bond acceptors (Lipinski definition) is 5. The molecule has 8 heteroatoms. The molecular weight excluding hydrogens is 432 g/mol. The van der Waals surface area contributed by atoms with Crippen molar-refractivity contribution in [3.63, 3.8) is 0 Å². The van der Waals surface area contributed by atoms with Crippen LogP contribution >= 0.6 is 0 Å². The number of fused-ring (bicyclic) bond motifs is 1. The predicted octanol–water partition coefficient (Wildman–Crippen LogP) is 2.46. The van der Waals surface area contributed by atoms with Crippen LogP contribution in [0, 0.1) is 0 Å². The van der Waals surface area contributed by atoms with Crippen molar-refractivity contribution in [1.29, 1.82) is 0 Å². The lowest BCUT2D eigenvalue weighted by atomic mass is 10.2. The summed E-state index contributed by atoms with van der Waals surface area (Å²) < 4.78 is 13.3. The Morgan fingerprint density at radius 3 is 2.44 bits per heavy atom. The summed E-state index contributed by atoms with van der Waals surface area (Å²) in [7, 11) is 0. The predicted molar refractivity (Wildman–Crippen MR) is 126 cm³/mol. The summed E-state index contributed by atoms with van der Waals surface area (Å²) in [5.74, 6) is 1.05. The Balaban J connectivity index is 1.11. The second-order valence-corrected chi connectivity index (χ2v) is 8.30. The summed E-state index contributed by atoms with van der Waals surface area (Å²) in [6.07, 6.45) is 6.34. The summed E-state index contributed by atoms with van der Waals surface area (Å²) in [5.41, 5.74) is 2.03. The minimum Gasteiger partial charge on any atom is -0.485 e. The lowest BCUT2D eigenvalue weighted by molar-refractivity contribution is -0.145. The van der Waals surface area contributed by atoms with Gasteiger partial charge in [-0.15, -0.1) is 0 Å². The molecular formula is C26H26N4O4.